The van der Waals surface area contributed by atoms with Crippen LogP contribution in [0, 0.1) is 6.92 Å². The number of hydrogen-bond acceptors (Lipinski definition) is 8. The van der Waals surface area contributed by atoms with Gasteiger partial charge in [0, 0.05) is 18.0 Å². The second kappa shape index (κ2) is 9.06. The average Bonchev–Trinajstić information content (AvgIpc) is 3.19. The molecule has 10 heteroatoms. The Bertz CT molecular complexity index is 1240. The van der Waals surface area contributed by atoms with E-state index >= 15 is 0 Å². The molecule has 4 aromatic rings. The van der Waals surface area contributed by atoms with Gasteiger partial charge in [-0.05, 0) is 30.7 Å². The Labute approximate surface area is 180 Å². The van der Waals surface area contributed by atoms with Crippen molar-refractivity contribution in [3.63, 3.8) is 0 Å². The standard InChI is InChI=1S/C20H17N5O3S2/c1-13-6-5-9-25-17(27)10-14(21-18(13)25)12-29-20-24-23-19(30-20)22-16(26)11-28-15-7-3-2-4-8-15/h2-10H,11-12H2,1H3,(H,22,23,26). The van der Waals surface area contributed by atoms with Gasteiger partial charge in [0.1, 0.15) is 11.4 Å². The molecule has 0 aliphatic rings. The first kappa shape index (κ1) is 20.0. The number of carbonyl (C=O) groups excluding carboxylic acids is 1. The normalized spacial score (nSPS) is 10.8. The van der Waals surface area contributed by atoms with Crippen molar-refractivity contribution in [3.8, 4) is 5.75 Å². The number of aryl methyl sites for hydroxylation is 1. The SMILES string of the molecule is Cc1cccn2c(=O)cc(CSc3nnc(NC(=O)COc4ccccc4)s3)nc12. The summed E-state index contributed by atoms with van der Waals surface area (Å²) in [4.78, 5) is 28.9. The monoisotopic (exact) mass is 439 g/mol. The molecule has 0 atom stereocenters. The molecule has 0 bridgehead atoms. The van der Waals surface area contributed by atoms with Crippen molar-refractivity contribution in [1.29, 1.82) is 0 Å². The second-order valence-corrected chi connectivity index (χ2v) is 8.48. The molecule has 0 aliphatic carbocycles. The number of para-hydroxylation sites is 1. The Balaban J connectivity index is 1.34. The molecule has 30 heavy (non-hydrogen) atoms. The fraction of sp³-hybridized carbons (Fsp3) is 0.150. The van der Waals surface area contributed by atoms with Crippen LogP contribution in [0.15, 0.2) is 63.9 Å². The molecule has 8 nitrogen and oxygen atoms in total. The van der Waals surface area contributed by atoms with Crippen LogP contribution in [0.3, 0.4) is 0 Å². The van der Waals surface area contributed by atoms with Gasteiger partial charge >= 0.3 is 0 Å². The Kier molecular flexibility index (Phi) is 6.05. The van der Waals surface area contributed by atoms with Crippen molar-refractivity contribution in [2.45, 2.75) is 17.0 Å². The maximum absolute atomic E-state index is 12.3. The van der Waals surface area contributed by atoms with Crippen molar-refractivity contribution in [3.05, 3.63) is 76.3 Å². The number of rotatable bonds is 7. The van der Waals surface area contributed by atoms with Crippen molar-refractivity contribution < 1.29 is 9.53 Å². The van der Waals surface area contributed by atoms with Crippen LogP contribution >= 0.6 is 23.1 Å². The number of nitrogens with one attached hydrogen (secondary N) is 1. The van der Waals surface area contributed by atoms with Crippen LogP contribution < -0.4 is 15.6 Å². The molecular formula is C20H17N5O3S2. The zero-order valence-electron chi connectivity index (χ0n) is 15.9. The van der Waals surface area contributed by atoms with Crippen molar-refractivity contribution >= 4 is 39.8 Å². The first-order valence-electron chi connectivity index (χ1n) is 9.00. The van der Waals surface area contributed by atoms with Crippen LogP contribution in [0.4, 0.5) is 5.13 Å². The van der Waals surface area contributed by atoms with Gasteiger partial charge in [-0.15, -0.1) is 10.2 Å². The summed E-state index contributed by atoms with van der Waals surface area (Å²) in [6, 6.07) is 14.4. The highest BCUT2D eigenvalue weighted by molar-refractivity contribution is 8.00. The van der Waals surface area contributed by atoms with Gasteiger partial charge in [-0.3, -0.25) is 19.3 Å². The zero-order chi connectivity index (χ0) is 20.9. The Hall–Kier alpha value is -3.24. The molecular weight excluding hydrogens is 422 g/mol. The lowest BCUT2D eigenvalue weighted by atomic mass is 10.3. The number of hydrogen-bond donors (Lipinski definition) is 1. The minimum Gasteiger partial charge on any atom is -0.484 e. The first-order valence-corrected chi connectivity index (χ1v) is 10.8. The first-order chi connectivity index (χ1) is 14.6. The van der Waals surface area contributed by atoms with Crippen LogP contribution in [0.5, 0.6) is 5.75 Å². The van der Waals surface area contributed by atoms with Crippen LogP contribution in [0.25, 0.3) is 5.65 Å². The van der Waals surface area contributed by atoms with Crippen molar-refractivity contribution in [1.82, 2.24) is 19.6 Å². The van der Waals surface area contributed by atoms with E-state index in [1.54, 1.807) is 18.3 Å². The van der Waals surface area contributed by atoms with E-state index in [4.69, 9.17) is 4.74 Å². The fourth-order valence-electron chi connectivity index (χ4n) is 2.66. The summed E-state index contributed by atoms with van der Waals surface area (Å²) < 4.78 is 7.60. The number of pyridine rings is 1. The lowest BCUT2D eigenvalue weighted by molar-refractivity contribution is -0.118. The van der Waals surface area contributed by atoms with Gasteiger partial charge < -0.3 is 4.74 Å². The number of anilines is 1. The highest BCUT2D eigenvalue weighted by Crippen LogP contribution is 2.27. The number of carbonyl (C=O) groups is 1. The number of amides is 1. The number of nitrogens with zero attached hydrogens (tertiary/aromatic N) is 4. The van der Waals surface area contributed by atoms with Crippen molar-refractivity contribution in [2.75, 3.05) is 11.9 Å². The van der Waals surface area contributed by atoms with Crippen LogP contribution in [0.2, 0.25) is 0 Å². The van der Waals surface area contributed by atoms with Gasteiger partial charge in [-0.1, -0.05) is 47.4 Å². The van der Waals surface area contributed by atoms with E-state index in [-0.39, 0.29) is 18.1 Å². The van der Waals surface area contributed by atoms with Crippen LogP contribution in [-0.4, -0.2) is 32.1 Å². The van der Waals surface area contributed by atoms with Crippen molar-refractivity contribution in [2.24, 2.45) is 0 Å². The summed E-state index contributed by atoms with van der Waals surface area (Å²) in [6.45, 7) is 1.80. The quantitative estimate of drug-likeness (QED) is 0.349. The summed E-state index contributed by atoms with van der Waals surface area (Å²) in [7, 11) is 0. The molecule has 0 radical (unpaired) electrons. The fourth-order valence-corrected chi connectivity index (χ4v) is 4.32. The predicted octanol–water partition coefficient (Wildman–Crippen LogP) is 3.16. The molecule has 0 spiro atoms. The molecule has 0 unspecified atom stereocenters. The van der Waals surface area contributed by atoms with E-state index in [0.29, 0.717) is 32.3 Å². The van der Waals surface area contributed by atoms with E-state index in [2.05, 4.69) is 20.5 Å². The van der Waals surface area contributed by atoms with Gasteiger partial charge in [-0.2, -0.15) is 0 Å². The van der Waals surface area contributed by atoms with E-state index in [1.807, 2.05) is 37.3 Å². The molecule has 3 heterocycles. The molecule has 1 N–H and O–H groups in total. The summed E-state index contributed by atoms with van der Waals surface area (Å²) in [5, 5.41) is 11.1. The summed E-state index contributed by atoms with van der Waals surface area (Å²) in [6.07, 6.45) is 1.70. The van der Waals surface area contributed by atoms with Gasteiger partial charge in [0.15, 0.2) is 10.9 Å². The molecule has 3 aromatic heterocycles. The third-order valence-corrected chi connectivity index (χ3v) is 6.05. The molecule has 0 fully saturated rings. The molecule has 0 saturated carbocycles. The third kappa shape index (κ3) is 4.84. The van der Waals surface area contributed by atoms with Gasteiger partial charge in [0.25, 0.3) is 11.5 Å². The lowest BCUT2D eigenvalue weighted by Gasteiger charge is -2.05. The maximum Gasteiger partial charge on any atom is 0.264 e. The number of thioether (sulfide) groups is 1. The van der Waals surface area contributed by atoms with Gasteiger partial charge in [-0.25, -0.2) is 4.98 Å². The molecule has 1 amide bonds. The average molecular weight is 440 g/mol. The maximum atomic E-state index is 12.3. The van der Waals surface area contributed by atoms with E-state index < -0.39 is 0 Å². The molecule has 0 aliphatic heterocycles. The van der Waals surface area contributed by atoms with E-state index in [9.17, 15) is 9.59 Å². The van der Waals surface area contributed by atoms with Crippen LogP contribution in [-0.2, 0) is 10.5 Å². The van der Waals surface area contributed by atoms with Gasteiger partial charge in [0.05, 0.1) is 5.69 Å². The Morgan fingerprint density at radius 1 is 1.20 bits per heavy atom. The third-order valence-electron chi connectivity index (χ3n) is 4.05. The highest BCUT2D eigenvalue weighted by Gasteiger charge is 2.11. The molecule has 4 rings (SSSR count). The largest absolute Gasteiger partial charge is 0.484 e. The lowest BCUT2D eigenvalue weighted by Crippen LogP contribution is -2.20. The van der Waals surface area contributed by atoms with Crippen LogP contribution in [0.1, 0.15) is 11.3 Å². The smallest absolute Gasteiger partial charge is 0.264 e. The molecule has 1 aromatic carbocycles. The minimum absolute atomic E-state index is 0.115. The van der Waals surface area contributed by atoms with E-state index in [0.717, 1.165) is 5.56 Å². The van der Waals surface area contributed by atoms with E-state index in [1.165, 1.54) is 33.6 Å². The number of fused-ring (bicyclic) bond motifs is 1. The highest BCUT2D eigenvalue weighted by atomic mass is 32.2. The number of ether oxygens (including phenoxy) is 1. The number of aromatic nitrogens is 4. The summed E-state index contributed by atoms with van der Waals surface area (Å²) >= 11 is 2.66. The zero-order valence-corrected chi connectivity index (χ0v) is 17.6. The minimum atomic E-state index is -0.314. The Morgan fingerprint density at radius 2 is 2.03 bits per heavy atom. The summed E-state index contributed by atoms with van der Waals surface area (Å²) in [5.41, 5.74) is 2.11. The topological polar surface area (TPSA) is 98.5 Å². The number of benzene rings is 1. The predicted molar refractivity (Wildman–Crippen MR) is 116 cm³/mol. The Morgan fingerprint density at radius 3 is 2.87 bits per heavy atom. The molecule has 152 valence electrons. The van der Waals surface area contributed by atoms with Gasteiger partial charge in [0.2, 0.25) is 5.13 Å². The second-order valence-electron chi connectivity index (χ2n) is 6.28. The summed E-state index contributed by atoms with van der Waals surface area (Å²) in [5.74, 6) is 0.779. The molecule has 0 saturated heterocycles.